The summed E-state index contributed by atoms with van der Waals surface area (Å²) < 4.78 is 0. The Morgan fingerprint density at radius 3 is 2.65 bits per heavy atom. The van der Waals surface area contributed by atoms with E-state index in [1.807, 2.05) is 30.0 Å². The third kappa shape index (κ3) is 4.60. The Bertz CT molecular complexity index is 330. The monoisotopic (exact) mass is 253 g/mol. The average molecular weight is 253 g/mol. The smallest absolute Gasteiger partial charge is 0.120 e. The zero-order chi connectivity index (χ0) is 12.7. The minimum Gasteiger partial charge on any atom is -0.508 e. The van der Waals surface area contributed by atoms with Gasteiger partial charge in [0, 0.05) is 11.6 Å². The molecule has 2 atom stereocenters. The largest absolute Gasteiger partial charge is 0.508 e. The van der Waals surface area contributed by atoms with Crippen LogP contribution in [0.3, 0.4) is 0 Å². The summed E-state index contributed by atoms with van der Waals surface area (Å²) in [6, 6.07) is 7.84. The lowest BCUT2D eigenvalue weighted by atomic mass is 10.0. The van der Waals surface area contributed by atoms with Gasteiger partial charge in [0.25, 0.3) is 0 Å². The van der Waals surface area contributed by atoms with Crippen LogP contribution >= 0.6 is 11.8 Å². The maximum absolute atomic E-state index is 9.84. The van der Waals surface area contributed by atoms with E-state index >= 15 is 0 Å². The van der Waals surface area contributed by atoms with E-state index in [4.69, 9.17) is 0 Å². The van der Waals surface area contributed by atoms with Gasteiger partial charge in [-0.15, -0.1) is 0 Å². The minimum absolute atomic E-state index is 0.250. The summed E-state index contributed by atoms with van der Waals surface area (Å²) in [7, 11) is 0. The number of hydrogen-bond acceptors (Lipinski definition) is 3. The number of phenolic OH excluding ortho intramolecular Hbond substituents is 1. The molecule has 0 spiro atoms. The molecule has 0 bridgehead atoms. The molecule has 0 saturated heterocycles. The van der Waals surface area contributed by atoms with Crippen molar-refractivity contribution in [2.75, 3.05) is 18.6 Å². The molecular formula is C14H23NOS. The van der Waals surface area contributed by atoms with Crippen molar-refractivity contribution in [3.05, 3.63) is 29.8 Å². The Morgan fingerprint density at radius 2 is 2.06 bits per heavy atom. The van der Waals surface area contributed by atoms with Crippen molar-refractivity contribution in [3.8, 4) is 5.75 Å². The number of para-hydroxylation sites is 1. The number of hydrogen-bond donors (Lipinski definition) is 2. The van der Waals surface area contributed by atoms with Crippen LogP contribution in [0.4, 0.5) is 0 Å². The van der Waals surface area contributed by atoms with Gasteiger partial charge in [-0.2, -0.15) is 11.8 Å². The third-order valence-corrected chi connectivity index (χ3v) is 3.79. The number of aromatic hydroxyl groups is 1. The van der Waals surface area contributed by atoms with Crippen molar-refractivity contribution >= 4 is 11.8 Å². The maximum atomic E-state index is 9.84. The second-order valence-electron chi connectivity index (χ2n) is 4.49. The lowest BCUT2D eigenvalue weighted by Crippen LogP contribution is -2.27. The number of phenols is 1. The molecule has 96 valence electrons. The molecule has 0 fully saturated rings. The van der Waals surface area contributed by atoms with Gasteiger partial charge in [0.1, 0.15) is 5.75 Å². The number of rotatable bonds is 7. The highest BCUT2D eigenvalue weighted by molar-refractivity contribution is 7.98. The van der Waals surface area contributed by atoms with E-state index in [1.165, 1.54) is 5.75 Å². The van der Waals surface area contributed by atoms with Crippen LogP contribution in [0.2, 0.25) is 0 Å². The summed E-state index contributed by atoms with van der Waals surface area (Å²) in [5.74, 6) is 2.22. The van der Waals surface area contributed by atoms with Gasteiger partial charge in [-0.3, -0.25) is 0 Å². The Kier molecular flexibility index (Phi) is 6.45. The Morgan fingerprint density at radius 1 is 1.35 bits per heavy atom. The van der Waals surface area contributed by atoms with E-state index < -0.39 is 0 Å². The fourth-order valence-electron chi connectivity index (χ4n) is 1.94. The molecule has 0 aliphatic rings. The van der Waals surface area contributed by atoms with Gasteiger partial charge in [-0.05, 0) is 37.0 Å². The van der Waals surface area contributed by atoms with E-state index in [1.54, 1.807) is 6.07 Å². The standard InChI is InChI=1S/C14H23NOS/c1-4-13(15-9-11(2)10-17-3)12-7-5-6-8-14(12)16/h5-8,11,13,15-16H,4,9-10H2,1-3H3. The van der Waals surface area contributed by atoms with Gasteiger partial charge in [-0.1, -0.05) is 32.0 Å². The first-order valence-corrected chi connectivity index (χ1v) is 7.58. The van der Waals surface area contributed by atoms with Gasteiger partial charge >= 0.3 is 0 Å². The van der Waals surface area contributed by atoms with Gasteiger partial charge in [0.05, 0.1) is 0 Å². The SMILES string of the molecule is CCC(NCC(C)CSC)c1ccccc1O. The molecule has 2 nitrogen and oxygen atoms in total. The molecule has 0 aliphatic carbocycles. The number of benzene rings is 1. The molecule has 2 unspecified atom stereocenters. The van der Waals surface area contributed by atoms with Crippen molar-refractivity contribution in [2.45, 2.75) is 26.3 Å². The van der Waals surface area contributed by atoms with Crippen molar-refractivity contribution in [1.82, 2.24) is 5.32 Å². The van der Waals surface area contributed by atoms with Crippen LogP contribution in [-0.4, -0.2) is 23.7 Å². The zero-order valence-electron chi connectivity index (χ0n) is 10.9. The van der Waals surface area contributed by atoms with E-state index in [0.717, 1.165) is 18.5 Å². The fraction of sp³-hybridized carbons (Fsp3) is 0.571. The van der Waals surface area contributed by atoms with Gasteiger partial charge in [-0.25, -0.2) is 0 Å². The molecule has 0 radical (unpaired) electrons. The van der Waals surface area contributed by atoms with Crippen LogP contribution in [0, 0.1) is 5.92 Å². The molecule has 3 heteroatoms. The topological polar surface area (TPSA) is 32.3 Å². The van der Waals surface area contributed by atoms with Crippen molar-refractivity contribution < 1.29 is 5.11 Å². The first kappa shape index (κ1) is 14.4. The van der Waals surface area contributed by atoms with Gasteiger partial charge < -0.3 is 10.4 Å². The fourth-order valence-corrected chi connectivity index (χ4v) is 2.63. The lowest BCUT2D eigenvalue weighted by Gasteiger charge is -2.20. The summed E-state index contributed by atoms with van der Waals surface area (Å²) in [6.07, 6.45) is 3.13. The molecule has 0 amide bonds. The lowest BCUT2D eigenvalue weighted by molar-refractivity contribution is 0.427. The van der Waals surface area contributed by atoms with Crippen molar-refractivity contribution in [1.29, 1.82) is 0 Å². The maximum Gasteiger partial charge on any atom is 0.120 e. The molecule has 0 saturated carbocycles. The Balaban J connectivity index is 2.57. The van der Waals surface area contributed by atoms with E-state index in [-0.39, 0.29) is 6.04 Å². The predicted octanol–water partition coefficient (Wildman–Crippen LogP) is 3.43. The summed E-state index contributed by atoms with van der Waals surface area (Å²) in [6.45, 7) is 5.39. The minimum atomic E-state index is 0.250. The number of thioether (sulfide) groups is 1. The molecule has 0 aromatic heterocycles. The summed E-state index contributed by atoms with van der Waals surface area (Å²) in [5.41, 5.74) is 1.01. The summed E-state index contributed by atoms with van der Waals surface area (Å²) in [4.78, 5) is 0. The molecule has 1 rings (SSSR count). The first-order valence-electron chi connectivity index (χ1n) is 6.19. The van der Waals surface area contributed by atoms with E-state index in [0.29, 0.717) is 11.7 Å². The van der Waals surface area contributed by atoms with Crippen molar-refractivity contribution in [2.24, 2.45) is 5.92 Å². The van der Waals surface area contributed by atoms with Crippen LogP contribution in [0.15, 0.2) is 24.3 Å². The molecule has 1 aromatic rings. The zero-order valence-corrected chi connectivity index (χ0v) is 11.8. The van der Waals surface area contributed by atoms with Crippen molar-refractivity contribution in [3.63, 3.8) is 0 Å². The van der Waals surface area contributed by atoms with Gasteiger partial charge in [0.2, 0.25) is 0 Å². The molecule has 17 heavy (non-hydrogen) atoms. The average Bonchev–Trinajstić information content (AvgIpc) is 2.32. The van der Waals surface area contributed by atoms with Crippen LogP contribution in [-0.2, 0) is 0 Å². The quantitative estimate of drug-likeness (QED) is 0.781. The molecule has 2 N–H and O–H groups in total. The second kappa shape index (κ2) is 7.62. The van der Waals surface area contributed by atoms with E-state index in [9.17, 15) is 5.11 Å². The number of nitrogens with one attached hydrogen (secondary N) is 1. The summed E-state index contributed by atoms with van der Waals surface area (Å²) >= 11 is 1.88. The third-order valence-electron chi connectivity index (χ3n) is 2.88. The Labute approximate surface area is 109 Å². The molecule has 1 aromatic carbocycles. The van der Waals surface area contributed by atoms with E-state index in [2.05, 4.69) is 25.4 Å². The van der Waals surface area contributed by atoms with Crippen LogP contribution in [0.5, 0.6) is 5.75 Å². The summed E-state index contributed by atoms with van der Waals surface area (Å²) in [5, 5.41) is 13.4. The normalized spacial score (nSPS) is 14.5. The second-order valence-corrected chi connectivity index (χ2v) is 5.40. The van der Waals surface area contributed by atoms with Crippen LogP contribution in [0.25, 0.3) is 0 Å². The van der Waals surface area contributed by atoms with Gasteiger partial charge in [0.15, 0.2) is 0 Å². The highest BCUT2D eigenvalue weighted by Gasteiger charge is 2.13. The highest BCUT2D eigenvalue weighted by atomic mass is 32.2. The molecule has 0 aliphatic heterocycles. The van der Waals surface area contributed by atoms with Crippen LogP contribution in [0.1, 0.15) is 31.9 Å². The predicted molar refractivity (Wildman–Crippen MR) is 76.7 cm³/mol. The first-order chi connectivity index (χ1) is 8.19. The Hall–Kier alpha value is -0.670. The molecule has 0 heterocycles. The van der Waals surface area contributed by atoms with Crippen LogP contribution < -0.4 is 5.32 Å². The highest BCUT2D eigenvalue weighted by Crippen LogP contribution is 2.25. The molecular weight excluding hydrogens is 230 g/mol.